The molecule has 164 valence electrons. The predicted molar refractivity (Wildman–Crippen MR) is 126 cm³/mol. The van der Waals surface area contributed by atoms with E-state index in [-0.39, 0.29) is 5.78 Å². The summed E-state index contributed by atoms with van der Waals surface area (Å²) in [4.78, 5) is 16.5. The molecular weight excluding hydrogens is 410 g/mol. The average molecular weight is 440 g/mol. The highest BCUT2D eigenvalue weighted by molar-refractivity contribution is 7.13. The molecule has 2 aromatic carbocycles. The Bertz CT molecular complexity index is 1030. The van der Waals surface area contributed by atoms with Gasteiger partial charge in [-0.05, 0) is 62.1 Å². The van der Waals surface area contributed by atoms with Crippen LogP contribution >= 0.6 is 11.5 Å². The Labute approximate surface area is 187 Å². The van der Waals surface area contributed by atoms with Crippen molar-refractivity contribution in [1.29, 1.82) is 0 Å². The molecule has 0 bridgehead atoms. The van der Waals surface area contributed by atoms with Crippen molar-refractivity contribution >= 4 is 33.2 Å². The minimum Gasteiger partial charge on any atom is -0.496 e. The smallest absolute Gasteiger partial charge is 0.163 e. The molecule has 1 aliphatic heterocycles. The zero-order valence-electron chi connectivity index (χ0n) is 18.2. The van der Waals surface area contributed by atoms with E-state index in [0.717, 1.165) is 57.1 Å². The van der Waals surface area contributed by atoms with E-state index >= 15 is 0 Å². The highest BCUT2D eigenvalue weighted by Gasteiger charge is 2.20. The van der Waals surface area contributed by atoms with Crippen LogP contribution in [0.5, 0.6) is 11.5 Å². The molecule has 1 fully saturated rings. The van der Waals surface area contributed by atoms with Gasteiger partial charge in [-0.1, -0.05) is 12.1 Å². The molecule has 1 saturated heterocycles. The zero-order valence-corrected chi connectivity index (χ0v) is 19.0. The Balaban J connectivity index is 1.18. The molecule has 0 spiro atoms. The Kier molecular flexibility index (Phi) is 7.04. The highest BCUT2D eigenvalue weighted by atomic mass is 32.1. The lowest BCUT2D eigenvalue weighted by atomic mass is 10.1. The topological polar surface area (TPSA) is 54.9 Å². The largest absolute Gasteiger partial charge is 0.496 e. The fraction of sp³-hybridized carbons (Fsp3) is 0.417. The van der Waals surface area contributed by atoms with Crippen LogP contribution < -0.4 is 14.4 Å². The van der Waals surface area contributed by atoms with E-state index in [1.165, 1.54) is 17.0 Å². The first-order valence-electron chi connectivity index (χ1n) is 10.8. The van der Waals surface area contributed by atoms with Crippen LogP contribution in [-0.4, -0.2) is 61.5 Å². The molecule has 0 atom stereocenters. The van der Waals surface area contributed by atoms with Gasteiger partial charge in [-0.25, -0.2) is 0 Å². The fourth-order valence-corrected chi connectivity index (χ4v) is 4.76. The number of nitrogens with zero attached hydrogens (tertiary/aromatic N) is 3. The van der Waals surface area contributed by atoms with Crippen molar-refractivity contribution in [1.82, 2.24) is 9.27 Å². The number of piperazine rings is 1. The van der Waals surface area contributed by atoms with E-state index in [4.69, 9.17) is 13.8 Å². The third-order valence-corrected chi connectivity index (χ3v) is 6.54. The van der Waals surface area contributed by atoms with E-state index in [1.807, 2.05) is 6.07 Å². The fourth-order valence-electron chi connectivity index (χ4n) is 3.96. The monoisotopic (exact) mass is 439 g/mol. The summed E-state index contributed by atoms with van der Waals surface area (Å²) in [5, 5.41) is 1.27. The van der Waals surface area contributed by atoms with Crippen LogP contribution in [0.4, 0.5) is 5.82 Å². The highest BCUT2D eigenvalue weighted by Crippen LogP contribution is 2.30. The molecule has 7 heteroatoms. The summed E-state index contributed by atoms with van der Waals surface area (Å²) >= 11 is 1.59. The lowest BCUT2D eigenvalue weighted by molar-refractivity contribution is 0.101. The lowest BCUT2D eigenvalue weighted by Crippen LogP contribution is -2.46. The Hall–Kier alpha value is -2.64. The maximum absolute atomic E-state index is 11.6. The number of hydrogen-bond acceptors (Lipinski definition) is 7. The number of fused-ring (bicyclic) bond motifs is 1. The van der Waals surface area contributed by atoms with E-state index in [1.54, 1.807) is 30.8 Å². The number of hydrogen-bond donors (Lipinski definition) is 0. The normalized spacial score (nSPS) is 14.7. The van der Waals surface area contributed by atoms with Crippen LogP contribution in [0.3, 0.4) is 0 Å². The van der Waals surface area contributed by atoms with Crippen LogP contribution in [0.25, 0.3) is 10.1 Å². The van der Waals surface area contributed by atoms with Gasteiger partial charge in [-0.3, -0.25) is 9.69 Å². The SMILES string of the molecule is COc1cc(OCCCCN2CCN(c3nsc4ccccc34)CC2)ccc1C(C)=O. The molecule has 1 aromatic heterocycles. The minimum absolute atomic E-state index is 0.00790. The molecule has 2 heterocycles. The molecular formula is C24H29N3O3S. The van der Waals surface area contributed by atoms with E-state index in [2.05, 4.69) is 34.1 Å². The first kappa shape index (κ1) is 21.6. The summed E-state index contributed by atoms with van der Waals surface area (Å²) in [5.74, 6) is 2.44. The standard InChI is InChI=1S/C24H29N3O3S/c1-18(28)20-10-9-19(17-22(20)29-2)30-16-6-5-11-26-12-14-27(15-13-26)24-21-7-3-4-8-23(21)31-25-24/h3-4,7-10,17H,5-6,11-16H2,1-2H3. The molecule has 0 radical (unpaired) electrons. The molecule has 6 nitrogen and oxygen atoms in total. The quantitative estimate of drug-likeness (QED) is 0.362. The zero-order chi connectivity index (χ0) is 21.6. The van der Waals surface area contributed by atoms with Crippen LogP contribution in [0.15, 0.2) is 42.5 Å². The van der Waals surface area contributed by atoms with Crippen molar-refractivity contribution in [3.8, 4) is 11.5 Å². The third kappa shape index (κ3) is 5.17. The second kappa shape index (κ2) is 10.1. The van der Waals surface area contributed by atoms with Gasteiger partial charge in [0.2, 0.25) is 0 Å². The number of rotatable bonds is 9. The molecule has 4 rings (SSSR count). The lowest BCUT2D eigenvalue weighted by Gasteiger charge is -2.35. The molecule has 0 aliphatic carbocycles. The van der Waals surface area contributed by atoms with Crippen LogP contribution in [-0.2, 0) is 0 Å². The van der Waals surface area contributed by atoms with Gasteiger partial charge in [0.05, 0.1) is 24.0 Å². The minimum atomic E-state index is -0.00790. The van der Waals surface area contributed by atoms with Gasteiger partial charge >= 0.3 is 0 Å². The van der Waals surface area contributed by atoms with Gasteiger partial charge in [-0.2, -0.15) is 4.37 Å². The third-order valence-electron chi connectivity index (χ3n) is 5.72. The van der Waals surface area contributed by atoms with Crippen LogP contribution in [0, 0.1) is 0 Å². The Morgan fingerprint density at radius 3 is 2.68 bits per heavy atom. The second-order valence-electron chi connectivity index (χ2n) is 7.80. The van der Waals surface area contributed by atoms with Crippen molar-refractivity contribution < 1.29 is 14.3 Å². The number of ether oxygens (including phenoxy) is 2. The molecule has 0 saturated carbocycles. The first-order valence-corrected chi connectivity index (χ1v) is 11.6. The summed E-state index contributed by atoms with van der Waals surface area (Å²) in [5.41, 5.74) is 0.583. The van der Waals surface area contributed by atoms with Crippen molar-refractivity contribution in [3.63, 3.8) is 0 Å². The average Bonchev–Trinajstić information content (AvgIpc) is 3.23. The molecule has 0 unspecified atom stereocenters. The second-order valence-corrected chi connectivity index (χ2v) is 8.61. The number of Topliss-reactive ketones (excluding diaryl/α,β-unsaturated/α-hetero) is 1. The molecule has 0 amide bonds. The number of anilines is 1. The van der Waals surface area contributed by atoms with Gasteiger partial charge in [0.15, 0.2) is 5.78 Å². The first-order chi connectivity index (χ1) is 15.2. The van der Waals surface area contributed by atoms with Crippen LogP contribution in [0.2, 0.25) is 0 Å². The van der Waals surface area contributed by atoms with Crippen molar-refractivity contribution in [2.75, 3.05) is 51.3 Å². The maximum Gasteiger partial charge on any atom is 0.163 e. The summed E-state index contributed by atoms with van der Waals surface area (Å²) in [6, 6.07) is 13.9. The van der Waals surface area contributed by atoms with Gasteiger partial charge in [-0.15, -0.1) is 0 Å². The summed E-state index contributed by atoms with van der Waals surface area (Å²) < 4.78 is 17.1. The maximum atomic E-state index is 11.6. The summed E-state index contributed by atoms with van der Waals surface area (Å²) in [7, 11) is 1.57. The predicted octanol–water partition coefficient (Wildman–Crippen LogP) is 4.49. The molecule has 1 aliphatic rings. The van der Waals surface area contributed by atoms with E-state index in [9.17, 15) is 4.79 Å². The number of ketones is 1. The summed E-state index contributed by atoms with van der Waals surface area (Å²) in [6.45, 7) is 7.46. The van der Waals surface area contributed by atoms with Gasteiger partial charge in [0, 0.05) is 37.6 Å². The molecule has 0 N–H and O–H groups in total. The Morgan fingerprint density at radius 2 is 1.90 bits per heavy atom. The van der Waals surface area contributed by atoms with E-state index < -0.39 is 0 Å². The van der Waals surface area contributed by atoms with Gasteiger partial charge in [0.1, 0.15) is 17.3 Å². The van der Waals surface area contributed by atoms with Crippen molar-refractivity contribution in [2.45, 2.75) is 19.8 Å². The molecule has 3 aromatic rings. The van der Waals surface area contributed by atoms with Gasteiger partial charge in [0.25, 0.3) is 0 Å². The number of carbonyl (C=O) groups is 1. The van der Waals surface area contributed by atoms with Crippen molar-refractivity contribution in [2.24, 2.45) is 0 Å². The summed E-state index contributed by atoms with van der Waals surface area (Å²) in [6.07, 6.45) is 2.09. The van der Waals surface area contributed by atoms with Crippen molar-refractivity contribution in [3.05, 3.63) is 48.0 Å². The number of benzene rings is 2. The molecule has 31 heavy (non-hydrogen) atoms. The van der Waals surface area contributed by atoms with Crippen LogP contribution in [0.1, 0.15) is 30.1 Å². The Morgan fingerprint density at radius 1 is 1.10 bits per heavy atom. The number of methoxy groups -OCH3 is 1. The van der Waals surface area contributed by atoms with Gasteiger partial charge < -0.3 is 14.4 Å². The number of unbranched alkanes of at least 4 members (excludes halogenated alkanes) is 1. The number of aromatic nitrogens is 1. The number of carbonyl (C=O) groups excluding carboxylic acids is 1. The van der Waals surface area contributed by atoms with E-state index in [0.29, 0.717) is 17.9 Å².